The Kier molecular flexibility index (Phi) is 3.90. The molecule has 2 aromatic rings. The smallest absolute Gasteiger partial charge is 0.239 e. The number of carbonyl (C=O) groups excluding carboxylic acids is 1. The molecular formula is C15H20N2O2. The van der Waals surface area contributed by atoms with E-state index in [4.69, 9.17) is 10.2 Å². The standard InChI is InChI=1S/C15H20N2O2/c1-10(2)14(16)15(18)17(3)9-12-8-11-6-4-5-7-13(11)19-12/h4-8,10,14H,9,16H2,1-3H3/t14-/m0/s1. The van der Waals surface area contributed by atoms with Gasteiger partial charge < -0.3 is 15.1 Å². The lowest BCUT2D eigenvalue weighted by Gasteiger charge is -2.22. The average molecular weight is 260 g/mol. The molecule has 1 atom stereocenters. The van der Waals surface area contributed by atoms with Crippen molar-refractivity contribution in [1.82, 2.24) is 4.90 Å². The zero-order chi connectivity index (χ0) is 14.0. The third kappa shape index (κ3) is 2.96. The number of para-hydroxylation sites is 1. The molecular weight excluding hydrogens is 240 g/mol. The lowest BCUT2D eigenvalue weighted by molar-refractivity contribution is -0.133. The predicted octanol–water partition coefficient (Wildman–Crippen LogP) is 2.37. The van der Waals surface area contributed by atoms with Crippen LogP contribution in [0.15, 0.2) is 34.7 Å². The number of hydrogen-bond donors (Lipinski definition) is 1. The van der Waals surface area contributed by atoms with E-state index in [1.165, 1.54) is 0 Å². The van der Waals surface area contributed by atoms with Crippen LogP contribution in [-0.2, 0) is 11.3 Å². The van der Waals surface area contributed by atoms with Gasteiger partial charge in [0.2, 0.25) is 5.91 Å². The van der Waals surface area contributed by atoms with Gasteiger partial charge in [0.15, 0.2) is 0 Å². The highest BCUT2D eigenvalue weighted by atomic mass is 16.3. The summed E-state index contributed by atoms with van der Waals surface area (Å²) in [7, 11) is 1.75. The van der Waals surface area contributed by atoms with Gasteiger partial charge >= 0.3 is 0 Å². The Morgan fingerprint density at radius 2 is 2.05 bits per heavy atom. The summed E-state index contributed by atoms with van der Waals surface area (Å²) in [6, 6.07) is 9.30. The van der Waals surface area contributed by atoms with E-state index in [0.29, 0.717) is 6.54 Å². The molecule has 2 rings (SSSR count). The number of furan rings is 1. The fraction of sp³-hybridized carbons (Fsp3) is 0.400. The van der Waals surface area contributed by atoms with Crippen molar-refractivity contribution < 1.29 is 9.21 Å². The monoisotopic (exact) mass is 260 g/mol. The molecule has 1 aromatic carbocycles. The van der Waals surface area contributed by atoms with Gasteiger partial charge in [-0.2, -0.15) is 0 Å². The molecule has 2 N–H and O–H groups in total. The maximum atomic E-state index is 12.1. The van der Waals surface area contributed by atoms with Gasteiger partial charge in [0, 0.05) is 12.4 Å². The van der Waals surface area contributed by atoms with Crippen molar-refractivity contribution in [1.29, 1.82) is 0 Å². The Balaban J connectivity index is 2.10. The lowest BCUT2D eigenvalue weighted by atomic mass is 10.0. The summed E-state index contributed by atoms with van der Waals surface area (Å²) in [5.74, 6) is 0.842. The number of amides is 1. The summed E-state index contributed by atoms with van der Waals surface area (Å²) in [6.45, 7) is 4.32. The summed E-state index contributed by atoms with van der Waals surface area (Å²) >= 11 is 0. The third-order valence-electron chi connectivity index (χ3n) is 3.25. The molecule has 0 aliphatic carbocycles. The first-order valence-electron chi connectivity index (χ1n) is 6.47. The number of fused-ring (bicyclic) bond motifs is 1. The normalized spacial score (nSPS) is 12.9. The van der Waals surface area contributed by atoms with E-state index in [1.54, 1.807) is 11.9 Å². The number of likely N-dealkylation sites (N-methyl/N-ethyl adjacent to an activating group) is 1. The van der Waals surface area contributed by atoms with Crippen molar-refractivity contribution in [2.45, 2.75) is 26.4 Å². The van der Waals surface area contributed by atoms with Crippen molar-refractivity contribution in [3.05, 3.63) is 36.1 Å². The van der Waals surface area contributed by atoms with Crippen molar-refractivity contribution in [2.75, 3.05) is 7.05 Å². The summed E-state index contributed by atoms with van der Waals surface area (Å²) < 4.78 is 5.69. The minimum atomic E-state index is -0.464. The lowest BCUT2D eigenvalue weighted by Crippen LogP contribution is -2.44. The highest BCUT2D eigenvalue weighted by Crippen LogP contribution is 2.20. The molecule has 0 fully saturated rings. The van der Waals surface area contributed by atoms with Crippen LogP contribution in [0.2, 0.25) is 0 Å². The Hall–Kier alpha value is -1.81. The average Bonchev–Trinajstić information content (AvgIpc) is 2.78. The molecule has 0 saturated carbocycles. The van der Waals surface area contributed by atoms with E-state index in [0.717, 1.165) is 16.7 Å². The zero-order valence-electron chi connectivity index (χ0n) is 11.6. The second-order valence-electron chi connectivity index (χ2n) is 5.21. The van der Waals surface area contributed by atoms with Crippen molar-refractivity contribution in [3.8, 4) is 0 Å². The van der Waals surface area contributed by atoms with Gasteiger partial charge in [0.1, 0.15) is 11.3 Å². The van der Waals surface area contributed by atoms with Crippen molar-refractivity contribution >= 4 is 16.9 Å². The largest absolute Gasteiger partial charge is 0.459 e. The minimum Gasteiger partial charge on any atom is -0.459 e. The SMILES string of the molecule is CC(C)[C@H](N)C(=O)N(C)Cc1cc2ccccc2o1. The topological polar surface area (TPSA) is 59.5 Å². The fourth-order valence-electron chi connectivity index (χ4n) is 1.97. The second kappa shape index (κ2) is 5.45. The molecule has 102 valence electrons. The number of nitrogens with zero attached hydrogens (tertiary/aromatic N) is 1. The number of rotatable bonds is 4. The van der Waals surface area contributed by atoms with Gasteiger partial charge in [-0.25, -0.2) is 0 Å². The maximum Gasteiger partial charge on any atom is 0.239 e. The van der Waals surface area contributed by atoms with Crippen LogP contribution in [0.5, 0.6) is 0 Å². The van der Waals surface area contributed by atoms with Crippen molar-refractivity contribution in [2.24, 2.45) is 11.7 Å². The fourth-order valence-corrected chi connectivity index (χ4v) is 1.97. The summed E-state index contributed by atoms with van der Waals surface area (Å²) in [4.78, 5) is 13.7. The highest BCUT2D eigenvalue weighted by molar-refractivity contribution is 5.82. The first-order chi connectivity index (χ1) is 8.99. The van der Waals surface area contributed by atoms with Gasteiger partial charge in [-0.05, 0) is 18.1 Å². The quantitative estimate of drug-likeness (QED) is 0.918. The molecule has 0 bridgehead atoms. The summed E-state index contributed by atoms with van der Waals surface area (Å²) in [6.07, 6.45) is 0. The molecule has 4 heteroatoms. The number of carbonyl (C=O) groups is 1. The summed E-state index contributed by atoms with van der Waals surface area (Å²) in [5, 5.41) is 1.05. The molecule has 0 spiro atoms. The molecule has 19 heavy (non-hydrogen) atoms. The Labute approximate surface area is 113 Å². The van der Waals surface area contributed by atoms with Crippen LogP contribution in [0.25, 0.3) is 11.0 Å². The molecule has 0 radical (unpaired) electrons. The Morgan fingerprint density at radius 1 is 1.37 bits per heavy atom. The van der Waals surface area contributed by atoms with E-state index >= 15 is 0 Å². The number of hydrogen-bond acceptors (Lipinski definition) is 3. The third-order valence-corrected chi connectivity index (χ3v) is 3.25. The van der Waals surface area contributed by atoms with Gasteiger partial charge in [-0.3, -0.25) is 4.79 Å². The maximum absolute atomic E-state index is 12.1. The van der Waals surface area contributed by atoms with Gasteiger partial charge in [-0.15, -0.1) is 0 Å². The van der Waals surface area contributed by atoms with Gasteiger partial charge in [-0.1, -0.05) is 32.0 Å². The van der Waals surface area contributed by atoms with Crippen LogP contribution in [0, 0.1) is 5.92 Å². The molecule has 1 aromatic heterocycles. The molecule has 1 heterocycles. The molecule has 0 aliphatic rings. The molecule has 0 aliphatic heterocycles. The van der Waals surface area contributed by atoms with Crippen LogP contribution in [0.1, 0.15) is 19.6 Å². The zero-order valence-corrected chi connectivity index (χ0v) is 11.6. The van der Waals surface area contributed by atoms with Crippen molar-refractivity contribution in [3.63, 3.8) is 0 Å². The second-order valence-corrected chi connectivity index (χ2v) is 5.21. The molecule has 4 nitrogen and oxygen atoms in total. The van der Waals surface area contributed by atoms with E-state index in [-0.39, 0.29) is 11.8 Å². The van der Waals surface area contributed by atoms with E-state index in [2.05, 4.69) is 0 Å². The Morgan fingerprint density at radius 3 is 2.68 bits per heavy atom. The minimum absolute atomic E-state index is 0.0598. The van der Waals surface area contributed by atoms with Gasteiger partial charge in [0.05, 0.1) is 12.6 Å². The number of nitrogens with two attached hydrogens (primary N) is 1. The molecule has 1 amide bonds. The van der Waals surface area contributed by atoms with Crippen LogP contribution in [-0.4, -0.2) is 23.9 Å². The van der Waals surface area contributed by atoms with Crippen LogP contribution in [0.4, 0.5) is 0 Å². The van der Waals surface area contributed by atoms with E-state index in [1.807, 2.05) is 44.2 Å². The first kappa shape index (κ1) is 13.6. The highest BCUT2D eigenvalue weighted by Gasteiger charge is 2.21. The molecule has 0 saturated heterocycles. The molecule has 0 unspecified atom stereocenters. The van der Waals surface area contributed by atoms with E-state index in [9.17, 15) is 4.79 Å². The summed E-state index contributed by atoms with van der Waals surface area (Å²) in [5.41, 5.74) is 6.71. The van der Waals surface area contributed by atoms with Crippen LogP contribution >= 0.6 is 0 Å². The number of benzene rings is 1. The first-order valence-corrected chi connectivity index (χ1v) is 6.47. The van der Waals surface area contributed by atoms with E-state index < -0.39 is 6.04 Å². The van der Waals surface area contributed by atoms with Crippen LogP contribution in [0.3, 0.4) is 0 Å². The predicted molar refractivity (Wildman–Crippen MR) is 75.5 cm³/mol. The Bertz CT molecular complexity index is 541. The van der Waals surface area contributed by atoms with Gasteiger partial charge in [0.25, 0.3) is 0 Å². The van der Waals surface area contributed by atoms with Crippen LogP contribution < -0.4 is 5.73 Å².